The fourth-order valence-corrected chi connectivity index (χ4v) is 3.41. The highest BCUT2D eigenvalue weighted by Crippen LogP contribution is 2.23. The molecule has 0 bridgehead atoms. The Morgan fingerprint density at radius 3 is 2.66 bits per heavy atom. The lowest BCUT2D eigenvalue weighted by Gasteiger charge is -2.29. The van der Waals surface area contributed by atoms with E-state index in [1.807, 2.05) is 30.3 Å². The van der Waals surface area contributed by atoms with Crippen molar-refractivity contribution in [1.82, 2.24) is 10.2 Å². The van der Waals surface area contributed by atoms with E-state index in [-0.39, 0.29) is 18.9 Å². The second kappa shape index (κ2) is 8.82. The maximum atomic E-state index is 12.8. The Morgan fingerprint density at radius 2 is 1.97 bits per heavy atom. The van der Waals surface area contributed by atoms with Crippen LogP contribution in [0.2, 0.25) is 0 Å². The van der Waals surface area contributed by atoms with Gasteiger partial charge in [0.05, 0.1) is 13.0 Å². The highest BCUT2D eigenvalue weighted by molar-refractivity contribution is 5.87. The van der Waals surface area contributed by atoms with E-state index < -0.39 is 36.0 Å². The monoisotopic (exact) mass is 404 g/mol. The van der Waals surface area contributed by atoms with Crippen LogP contribution < -0.4 is 5.32 Å². The van der Waals surface area contributed by atoms with Crippen molar-refractivity contribution in [2.45, 2.75) is 70.6 Å². The molecule has 29 heavy (non-hydrogen) atoms. The van der Waals surface area contributed by atoms with Gasteiger partial charge in [-0.05, 0) is 39.2 Å². The predicted octanol–water partition coefficient (Wildman–Crippen LogP) is 2.36. The van der Waals surface area contributed by atoms with E-state index in [9.17, 15) is 14.4 Å². The molecule has 2 fully saturated rings. The number of carbonyl (C=O) groups excluding carboxylic acids is 3. The zero-order valence-corrected chi connectivity index (χ0v) is 17.1. The molecule has 1 N–H and O–H groups in total. The smallest absolute Gasteiger partial charge is 0.410 e. The molecule has 3 rings (SSSR count). The number of rotatable bonds is 5. The van der Waals surface area contributed by atoms with Gasteiger partial charge in [0, 0.05) is 6.54 Å². The SMILES string of the molecule is CC(C)(C)OC(=O)N1CCC[C@@H]1C(=O)N[C@H]1CC(=O)O[C@@H]1OCc1ccccc1. The zero-order chi connectivity index (χ0) is 21.0. The van der Waals surface area contributed by atoms with Crippen LogP contribution in [0.1, 0.15) is 45.6 Å². The topological polar surface area (TPSA) is 94.2 Å². The van der Waals surface area contributed by atoms with E-state index in [1.165, 1.54) is 4.90 Å². The number of likely N-dealkylation sites (tertiary alicyclic amines) is 1. The van der Waals surface area contributed by atoms with E-state index in [0.29, 0.717) is 19.4 Å². The fourth-order valence-electron chi connectivity index (χ4n) is 3.41. The second-order valence-corrected chi connectivity index (χ2v) is 8.31. The van der Waals surface area contributed by atoms with Crippen molar-refractivity contribution in [2.75, 3.05) is 6.54 Å². The molecule has 2 aliphatic heterocycles. The standard InChI is InChI=1S/C21H28N2O6/c1-21(2,3)29-20(26)23-11-7-10-16(23)18(25)22-15-12-17(24)28-19(15)27-13-14-8-5-4-6-9-14/h4-6,8-9,15-16,19H,7,10-13H2,1-3H3,(H,22,25)/t15-,16+,19-/m0/s1. The van der Waals surface area contributed by atoms with Gasteiger partial charge in [0.25, 0.3) is 0 Å². The molecule has 0 aromatic heterocycles. The zero-order valence-electron chi connectivity index (χ0n) is 17.1. The Hall–Kier alpha value is -2.61. The third-order valence-corrected chi connectivity index (χ3v) is 4.73. The van der Waals surface area contributed by atoms with Gasteiger partial charge in [0.2, 0.25) is 12.2 Å². The molecule has 0 radical (unpaired) electrons. The molecule has 0 unspecified atom stereocenters. The Balaban J connectivity index is 1.58. The first-order valence-electron chi connectivity index (χ1n) is 9.88. The lowest BCUT2D eigenvalue weighted by atomic mass is 10.1. The maximum Gasteiger partial charge on any atom is 0.410 e. The number of carbonyl (C=O) groups is 3. The normalized spacial score (nSPS) is 24.3. The largest absolute Gasteiger partial charge is 0.444 e. The van der Waals surface area contributed by atoms with Gasteiger partial charge < -0.3 is 19.5 Å². The van der Waals surface area contributed by atoms with Crippen LogP contribution in [0.25, 0.3) is 0 Å². The van der Waals surface area contributed by atoms with Crippen LogP contribution in [0.5, 0.6) is 0 Å². The van der Waals surface area contributed by atoms with Gasteiger partial charge in [-0.1, -0.05) is 30.3 Å². The van der Waals surface area contributed by atoms with Crippen LogP contribution in [-0.4, -0.2) is 53.4 Å². The van der Waals surface area contributed by atoms with Crippen molar-refractivity contribution >= 4 is 18.0 Å². The van der Waals surface area contributed by atoms with Gasteiger partial charge in [-0.2, -0.15) is 0 Å². The first-order valence-corrected chi connectivity index (χ1v) is 9.88. The van der Waals surface area contributed by atoms with Crippen molar-refractivity contribution < 1.29 is 28.6 Å². The van der Waals surface area contributed by atoms with Gasteiger partial charge in [0.1, 0.15) is 17.7 Å². The van der Waals surface area contributed by atoms with Crippen LogP contribution in [-0.2, 0) is 30.4 Å². The Bertz CT molecular complexity index is 745. The van der Waals surface area contributed by atoms with E-state index in [4.69, 9.17) is 14.2 Å². The average molecular weight is 404 g/mol. The molecule has 2 heterocycles. The van der Waals surface area contributed by atoms with Crippen LogP contribution in [0.3, 0.4) is 0 Å². The average Bonchev–Trinajstić information content (AvgIpc) is 3.26. The number of hydrogen-bond donors (Lipinski definition) is 1. The number of ether oxygens (including phenoxy) is 3. The van der Waals surface area contributed by atoms with Crippen molar-refractivity contribution in [3.05, 3.63) is 35.9 Å². The van der Waals surface area contributed by atoms with Crippen molar-refractivity contribution in [1.29, 1.82) is 0 Å². The molecular weight excluding hydrogens is 376 g/mol. The third-order valence-electron chi connectivity index (χ3n) is 4.73. The summed E-state index contributed by atoms with van der Waals surface area (Å²) in [7, 11) is 0. The van der Waals surface area contributed by atoms with E-state index in [1.54, 1.807) is 20.8 Å². The minimum atomic E-state index is -0.858. The van der Waals surface area contributed by atoms with Crippen molar-refractivity contribution in [3.8, 4) is 0 Å². The molecule has 3 atom stereocenters. The molecule has 8 heteroatoms. The number of esters is 1. The quantitative estimate of drug-likeness (QED) is 0.757. The Morgan fingerprint density at radius 1 is 1.24 bits per heavy atom. The third kappa shape index (κ3) is 5.69. The van der Waals surface area contributed by atoms with Gasteiger partial charge in [-0.25, -0.2) is 4.79 Å². The molecule has 0 aliphatic carbocycles. The molecule has 2 saturated heterocycles. The van der Waals surface area contributed by atoms with Crippen LogP contribution >= 0.6 is 0 Å². The Kier molecular flexibility index (Phi) is 6.42. The Labute approximate surface area is 170 Å². The molecule has 2 amide bonds. The highest BCUT2D eigenvalue weighted by Gasteiger charge is 2.41. The van der Waals surface area contributed by atoms with Crippen molar-refractivity contribution in [3.63, 3.8) is 0 Å². The fraction of sp³-hybridized carbons (Fsp3) is 0.571. The number of amides is 2. The summed E-state index contributed by atoms with van der Waals surface area (Å²) in [4.78, 5) is 38.4. The first-order chi connectivity index (χ1) is 13.7. The summed E-state index contributed by atoms with van der Waals surface area (Å²) in [5.74, 6) is -0.756. The summed E-state index contributed by atoms with van der Waals surface area (Å²) in [5.41, 5.74) is 0.301. The first kappa shape index (κ1) is 21.1. The second-order valence-electron chi connectivity index (χ2n) is 8.31. The maximum absolute atomic E-state index is 12.8. The lowest BCUT2D eigenvalue weighted by molar-refractivity contribution is -0.168. The summed E-state index contributed by atoms with van der Waals surface area (Å²) in [6.07, 6.45) is -0.0773. The van der Waals surface area contributed by atoms with E-state index >= 15 is 0 Å². The molecule has 1 aromatic carbocycles. The van der Waals surface area contributed by atoms with E-state index in [0.717, 1.165) is 5.56 Å². The molecule has 8 nitrogen and oxygen atoms in total. The number of cyclic esters (lactones) is 1. The summed E-state index contributed by atoms with van der Waals surface area (Å²) >= 11 is 0. The van der Waals surface area contributed by atoms with Gasteiger partial charge >= 0.3 is 12.1 Å². The van der Waals surface area contributed by atoms with Crippen LogP contribution in [0.4, 0.5) is 4.79 Å². The summed E-state index contributed by atoms with van der Waals surface area (Å²) in [6.45, 7) is 6.07. The predicted molar refractivity (Wildman–Crippen MR) is 104 cm³/mol. The van der Waals surface area contributed by atoms with E-state index in [2.05, 4.69) is 5.32 Å². The summed E-state index contributed by atoms with van der Waals surface area (Å²) in [5, 5.41) is 2.83. The van der Waals surface area contributed by atoms with Gasteiger partial charge in [-0.15, -0.1) is 0 Å². The minimum absolute atomic E-state index is 0.0321. The number of nitrogens with zero attached hydrogens (tertiary/aromatic N) is 1. The minimum Gasteiger partial charge on any atom is -0.444 e. The lowest BCUT2D eigenvalue weighted by Crippen LogP contribution is -2.51. The summed E-state index contributed by atoms with van der Waals surface area (Å²) < 4.78 is 16.3. The molecule has 158 valence electrons. The molecular formula is C21H28N2O6. The van der Waals surface area contributed by atoms with Crippen LogP contribution in [0, 0.1) is 0 Å². The number of nitrogens with one attached hydrogen (secondary N) is 1. The number of hydrogen-bond acceptors (Lipinski definition) is 6. The molecule has 1 aromatic rings. The summed E-state index contributed by atoms with van der Waals surface area (Å²) in [6, 6.07) is 8.27. The molecule has 2 aliphatic rings. The van der Waals surface area contributed by atoms with Gasteiger partial charge in [-0.3, -0.25) is 14.5 Å². The number of benzene rings is 1. The molecule has 0 saturated carbocycles. The van der Waals surface area contributed by atoms with Crippen LogP contribution in [0.15, 0.2) is 30.3 Å². The van der Waals surface area contributed by atoms with Crippen molar-refractivity contribution in [2.24, 2.45) is 0 Å². The molecule has 0 spiro atoms. The van der Waals surface area contributed by atoms with Gasteiger partial charge in [0.15, 0.2) is 0 Å². The highest BCUT2D eigenvalue weighted by atomic mass is 16.7.